The smallest absolute Gasteiger partial charge is 0.191 e. The van der Waals surface area contributed by atoms with Gasteiger partial charge in [0.25, 0.3) is 0 Å². The summed E-state index contributed by atoms with van der Waals surface area (Å²) in [7, 11) is 4.17. The van der Waals surface area contributed by atoms with Crippen LogP contribution in [0.2, 0.25) is 5.02 Å². The molecule has 32 heavy (non-hydrogen) atoms. The lowest BCUT2D eigenvalue weighted by Gasteiger charge is -2.23. The second-order valence-corrected chi connectivity index (χ2v) is 9.39. The molecule has 0 radical (unpaired) electrons. The maximum absolute atomic E-state index is 6.49. The Balaban J connectivity index is 1.60. The highest BCUT2D eigenvalue weighted by molar-refractivity contribution is 7.98. The molecule has 2 heterocycles. The van der Waals surface area contributed by atoms with Crippen LogP contribution < -0.4 is 9.47 Å². The Labute approximate surface area is 198 Å². The van der Waals surface area contributed by atoms with Gasteiger partial charge in [-0.1, -0.05) is 60.6 Å². The van der Waals surface area contributed by atoms with Crippen LogP contribution in [-0.2, 0) is 12.3 Å². The molecule has 4 rings (SSSR count). The maximum atomic E-state index is 6.49. The second kappa shape index (κ2) is 10.6. The molecule has 0 saturated carbocycles. The van der Waals surface area contributed by atoms with Gasteiger partial charge < -0.3 is 14.0 Å². The minimum Gasteiger partial charge on any atom is -0.489 e. The Morgan fingerprint density at radius 3 is 2.62 bits per heavy atom. The maximum Gasteiger partial charge on any atom is 0.191 e. The normalized spacial score (nSPS) is 14.4. The van der Waals surface area contributed by atoms with Crippen LogP contribution in [0.4, 0.5) is 0 Å². The van der Waals surface area contributed by atoms with Crippen LogP contribution in [0, 0.1) is 0 Å². The monoisotopic (exact) mass is 472 g/mol. The molecule has 3 aromatic rings. The van der Waals surface area contributed by atoms with Gasteiger partial charge in [-0.05, 0) is 43.8 Å². The average molecular weight is 473 g/mol. The largest absolute Gasteiger partial charge is 0.489 e. The molecule has 8 heteroatoms. The van der Waals surface area contributed by atoms with E-state index in [1.165, 1.54) is 5.56 Å². The van der Waals surface area contributed by atoms with Gasteiger partial charge in [-0.2, -0.15) is 0 Å². The third kappa shape index (κ3) is 5.22. The number of nitrogens with zero attached hydrogens (tertiary/aromatic N) is 4. The molecule has 0 fully saturated rings. The molecule has 0 bridgehead atoms. The van der Waals surface area contributed by atoms with E-state index in [2.05, 4.69) is 64.9 Å². The van der Waals surface area contributed by atoms with Crippen molar-refractivity contribution in [3.63, 3.8) is 0 Å². The lowest BCUT2D eigenvalue weighted by atomic mass is 10.2. The van der Waals surface area contributed by atoms with Gasteiger partial charge in [0, 0.05) is 12.2 Å². The van der Waals surface area contributed by atoms with Gasteiger partial charge in [0.1, 0.15) is 0 Å². The number of aromatic nitrogens is 3. The molecule has 1 aliphatic heterocycles. The summed E-state index contributed by atoms with van der Waals surface area (Å²) in [6, 6.07) is 14.6. The Hall–Kier alpha value is -2.22. The summed E-state index contributed by atoms with van der Waals surface area (Å²) >= 11 is 8.15. The molecule has 0 unspecified atom stereocenters. The van der Waals surface area contributed by atoms with Crippen LogP contribution in [0.3, 0.4) is 0 Å². The van der Waals surface area contributed by atoms with Gasteiger partial charge in [0.15, 0.2) is 22.5 Å². The fraction of sp³-hybridized carbons (Fsp3) is 0.417. The van der Waals surface area contributed by atoms with E-state index >= 15 is 0 Å². The molecule has 0 spiro atoms. The Morgan fingerprint density at radius 2 is 1.88 bits per heavy atom. The second-order valence-electron chi connectivity index (χ2n) is 8.04. The first-order chi connectivity index (χ1) is 15.6. The fourth-order valence-corrected chi connectivity index (χ4v) is 5.02. The van der Waals surface area contributed by atoms with Crippen molar-refractivity contribution in [1.29, 1.82) is 0 Å². The number of rotatable bonds is 8. The number of thioether (sulfide) groups is 1. The van der Waals surface area contributed by atoms with Crippen LogP contribution in [0.1, 0.15) is 42.8 Å². The van der Waals surface area contributed by atoms with E-state index in [1.54, 1.807) is 11.8 Å². The zero-order valence-electron chi connectivity index (χ0n) is 18.8. The SMILES string of the molecule is CC[C@H](c1nnc(SCc2cc(Cl)c3c(c2)OCCCO3)n1Cc1ccccc1)N(C)C. The average Bonchev–Trinajstić information content (AvgIpc) is 3.00. The third-order valence-electron chi connectivity index (χ3n) is 5.47. The van der Waals surface area contributed by atoms with Crippen molar-refractivity contribution in [2.45, 2.75) is 43.3 Å². The summed E-state index contributed by atoms with van der Waals surface area (Å²) in [4.78, 5) is 2.20. The molecular weight excluding hydrogens is 444 g/mol. The Morgan fingerprint density at radius 1 is 1.09 bits per heavy atom. The molecule has 2 aromatic carbocycles. The number of hydrogen-bond acceptors (Lipinski definition) is 6. The molecule has 1 aromatic heterocycles. The zero-order valence-corrected chi connectivity index (χ0v) is 20.3. The van der Waals surface area contributed by atoms with Crippen molar-refractivity contribution in [1.82, 2.24) is 19.7 Å². The van der Waals surface area contributed by atoms with Crippen LogP contribution >= 0.6 is 23.4 Å². The lowest BCUT2D eigenvalue weighted by molar-refractivity contribution is 0.272. The van der Waals surface area contributed by atoms with E-state index in [4.69, 9.17) is 21.1 Å². The van der Waals surface area contributed by atoms with Crippen LogP contribution in [0.15, 0.2) is 47.6 Å². The van der Waals surface area contributed by atoms with Crippen molar-refractivity contribution in [2.24, 2.45) is 0 Å². The molecule has 6 nitrogen and oxygen atoms in total. The molecule has 0 amide bonds. The van der Waals surface area contributed by atoms with E-state index < -0.39 is 0 Å². The predicted molar refractivity (Wildman–Crippen MR) is 129 cm³/mol. The van der Waals surface area contributed by atoms with Crippen LogP contribution in [-0.4, -0.2) is 47.0 Å². The van der Waals surface area contributed by atoms with Gasteiger partial charge in [-0.25, -0.2) is 0 Å². The van der Waals surface area contributed by atoms with E-state index in [0.29, 0.717) is 29.7 Å². The van der Waals surface area contributed by atoms with Gasteiger partial charge in [-0.3, -0.25) is 4.90 Å². The van der Waals surface area contributed by atoms with Crippen molar-refractivity contribution >= 4 is 23.4 Å². The van der Waals surface area contributed by atoms with Crippen molar-refractivity contribution in [2.75, 3.05) is 27.3 Å². The first-order valence-corrected chi connectivity index (χ1v) is 12.3. The highest BCUT2D eigenvalue weighted by Gasteiger charge is 2.23. The number of hydrogen-bond donors (Lipinski definition) is 0. The summed E-state index contributed by atoms with van der Waals surface area (Å²) in [5.74, 6) is 3.06. The first-order valence-electron chi connectivity index (χ1n) is 10.9. The zero-order chi connectivity index (χ0) is 22.5. The number of halogens is 1. The minimum atomic E-state index is 0.202. The number of ether oxygens (including phenoxy) is 2. The molecule has 0 aliphatic carbocycles. The van der Waals surface area contributed by atoms with Crippen molar-refractivity contribution in [3.8, 4) is 11.5 Å². The standard InChI is InChI=1S/C24H29ClN4O2S/c1-4-20(28(2)3)23-26-27-24(29(23)15-17-9-6-5-7-10-17)32-16-18-13-19(25)22-21(14-18)30-11-8-12-31-22/h5-7,9-10,13-14,20H,4,8,11-12,15-16H2,1-3H3/t20-/m1/s1. The topological polar surface area (TPSA) is 52.4 Å². The molecule has 1 atom stereocenters. The van der Waals surface area contributed by atoms with Gasteiger partial charge in [0.2, 0.25) is 0 Å². The summed E-state index contributed by atoms with van der Waals surface area (Å²) in [6.07, 6.45) is 1.81. The van der Waals surface area contributed by atoms with Crippen molar-refractivity contribution in [3.05, 3.63) is 64.4 Å². The highest BCUT2D eigenvalue weighted by Crippen LogP contribution is 2.39. The van der Waals surface area contributed by atoms with Crippen LogP contribution in [0.25, 0.3) is 0 Å². The van der Waals surface area contributed by atoms with Crippen molar-refractivity contribution < 1.29 is 9.47 Å². The predicted octanol–water partition coefficient (Wildman–Crippen LogP) is 5.45. The molecular formula is C24H29ClN4O2S. The van der Waals surface area contributed by atoms with E-state index in [0.717, 1.165) is 41.7 Å². The lowest BCUT2D eigenvalue weighted by Crippen LogP contribution is -2.23. The van der Waals surface area contributed by atoms with Gasteiger partial charge in [0.05, 0.1) is 30.8 Å². The minimum absolute atomic E-state index is 0.202. The number of fused-ring (bicyclic) bond motifs is 1. The Bertz CT molecular complexity index is 1040. The van der Waals surface area contributed by atoms with E-state index in [9.17, 15) is 0 Å². The number of benzene rings is 2. The molecule has 1 aliphatic rings. The van der Waals surface area contributed by atoms with Crippen LogP contribution in [0.5, 0.6) is 11.5 Å². The fourth-order valence-electron chi connectivity index (χ4n) is 3.86. The third-order valence-corrected chi connectivity index (χ3v) is 6.79. The molecule has 0 N–H and O–H groups in total. The van der Waals surface area contributed by atoms with E-state index in [1.807, 2.05) is 18.2 Å². The van der Waals surface area contributed by atoms with Gasteiger partial charge in [-0.15, -0.1) is 10.2 Å². The summed E-state index contributed by atoms with van der Waals surface area (Å²) in [5, 5.41) is 10.6. The molecule has 170 valence electrons. The first kappa shape index (κ1) is 23.0. The summed E-state index contributed by atoms with van der Waals surface area (Å²) in [5.41, 5.74) is 2.29. The highest BCUT2D eigenvalue weighted by atomic mass is 35.5. The summed E-state index contributed by atoms with van der Waals surface area (Å²) < 4.78 is 13.8. The van der Waals surface area contributed by atoms with Gasteiger partial charge >= 0.3 is 0 Å². The summed E-state index contributed by atoms with van der Waals surface area (Å²) in [6.45, 7) is 4.17. The molecule has 0 saturated heterocycles. The quantitative estimate of drug-likeness (QED) is 0.406. The Kier molecular flexibility index (Phi) is 7.60. The van der Waals surface area contributed by atoms with E-state index in [-0.39, 0.29) is 6.04 Å².